The van der Waals surface area contributed by atoms with Crippen LogP contribution in [0.5, 0.6) is 0 Å². The lowest BCUT2D eigenvalue weighted by Gasteiger charge is -2.44. The Morgan fingerprint density at radius 2 is 2.26 bits per heavy atom. The Kier molecular flexibility index (Phi) is 4.16. The van der Waals surface area contributed by atoms with E-state index in [4.69, 9.17) is 0 Å². The van der Waals surface area contributed by atoms with Crippen LogP contribution >= 0.6 is 11.8 Å². The number of aromatic nitrogens is 1. The predicted molar refractivity (Wildman–Crippen MR) is 84.0 cm³/mol. The van der Waals surface area contributed by atoms with Crippen LogP contribution in [0.2, 0.25) is 0 Å². The third kappa shape index (κ3) is 2.64. The normalized spacial score (nSPS) is 24.5. The van der Waals surface area contributed by atoms with Crippen molar-refractivity contribution in [2.24, 2.45) is 13.0 Å². The van der Waals surface area contributed by atoms with Crippen LogP contribution in [0.4, 0.5) is 0 Å². The number of pyridine rings is 1. The fraction of sp³-hybridized carbons (Fsp3) is 0.438. The molecule has 3 heterocycles. The molecule has 2 aliphatic rings. The van der Waals surface area contributed by atoms with Gasteiger partial charge < -0.3 is 15.1 Å². The fourth-order valence-electron chi connectivity index (χ4n) is 3.23. The molecular formula is C16H19N2O4S+. The number of carbonyl (C=O) groups excluding carboxylic acids is 1. The third-order valence-corrected chi connectivity index (χ3v) is 5.60. The van der Waals surface area contributed by atoms with E-state index in [0.29, 0.717) is 17.1 Å². The quantitative estimate of drug-likeness (QED) is 0.610. The molecule has 0 unspecified atom stereocenters. The molecule has 6 nitrogen and oxygen atoms in total. The Bertz CT molecular complexity index is 701. The fourth-order valence-corrected chi connectivity index (χ4v) is 4.46. The second-order valence-electron chi connectivity index (χ2n) is 5.91. The molecule has 7 heteroatoms. The van der Waals surface area contributed by atoms with Crippen LogP contribution < -0.4 is 4.57 Å². The first-order valence-electron chi connectivity index (χ1n) is 7.45. The number of amides is 1. The lowest BCUT2D eigenvalue weighted by atomic mass is 9.83. The van der Waals surface area contributed by atoms with Gasteiger partial charge in [-0.3, -0.25) is 4.79 Å². The molecule has 1 aromatic rings. The molecule has 1 fully saturated rings. The molecule has 1 saturated heterocycles. The van der Waals surface area contributed by atoms with E-state index in [1.54, 1.807) is 6.92 Å². The van der Waals surface area contributed by atoms with Crippen molar-refractivity contribution in [1.82, 2.24) is 4.90 Å². The first-order valence-corrected chi connectivity index (χ1v) is 8.44. The summed E-state index contributed by atoms with van der Waals surface area (Å²) in [6.45, 7) is 1.58. The Morgan fingerprint density at radius 3 is 2.87 bits per heavy atom. The minimum atomic E-state index is -1.08. The maximum absolute atomic E-state index is 12.1. The largest absolute Gasteiger partial charge is 0.477 e. The van der Waals surface area contributed by atoms with E-state index in [1.165, 1.54) is 16.7 Å². The number of β-lactam (4-membered cyclic amide) rings is 1. The van der Waals surface area contributed by atoms with Gasteiger partial charge in [0.1, 0.15) is 12.7 Å². The molecule has 23 heavy (non-hydrogen) atoms. The number of aliphatic hydroxyl groups excluding tert-OH is 1. The monoisotopic (exact) mass is 335 g/mol. The maximum atomic E-state index is 12.1. The summed E-state index contributed by atoms with van der Waals surface area (Å²) in [5.41, 5.74) is 1.16. The predicted octanol–water partition coefficient (Wildman–Crippen LogP) is 0.652. The molecule has 122 valence electrons. The molecular weight excluding hydrogens is 316 g/mol. The van der Waals surface area contributed by atoms with Crippen molar-refractivity contribution in [1.29, 1.82) is 0 Å². The zero-order valence-corrected chi connectivity index (χ0v) is 13.8. The molecule has 0 saturated carbocycles. The standard InChI is InChI=1S/C16H18N2O4S/c1-9(19)13-11-7-12(14(16(21)22)18(11)15(13)20)23-8-10-5-3-4-6-17(10)2/h3-6,9,11,13,19H,7-8H2,1-2H3/p+1/t9-,11-,13-/m1/s1. The molecule has 0 aliphatic carbocycles. The number of aliphatic carboxylic acids is 1. The van der Waals surface area contributed by atoms with E-state index in [2.05, 4.69) is 0 Å². The Labute approximate surface area is 138 Å². The zero-order valence-electron chi connectivity index (χ0n) is 13.0. The number of hydrogen-bond donors (Lipinski definition) is 2. The number of carboxylic acids is 1. The van der Waals surface area contributed by atoms with Crippen molar-refractivity contribution in [2.75, 3.05) is 0 Å². The van der Waals surface area contributed by atoms with E-state index in [9.17, 15) is 19.8 Å². The highest BCUT2D eigenvalue weighted by Crippen LogP contribution is 2.47. The Morgan fingerprint density at radius 1 is 1.52 bits per heavy atom. The first-order chi connectivity index (χ1) is 10.9. The molecule has 2 aliphatic heterocycles. The third-order valence-electron chi connectivity index (χ3n) is 4.45. The number of fused-ring (bicyclic) bond motifs is 1. The molecule has 3 atom stereocenters. The molecule has 2 N–H and O–H groups in total. The highest BCUT2D eigenvalue weighted by Gasteiger charge is 2.56. The van der Waals surface area contributed by atoms with E-state index in [-0.39, 0.29) is 17.6 Å². The van der Waals surface area contributed by atoms with Gasteiger partial charge in [0.2, 0.25) is 5.91 Å². The number of carbonyl (C=O) groups is 2. The number of hydrogen-bond acceptors (Lipinski definition) is 4. The SMILES string of the molecule is C[C@@H](O)[C@H]1C(=O)N2C(C(=O)O)=C(SCc3cccc[n+]3C)C[C@H]12. The van der Waals surface area contributed by atoms with Crippen molar-refractivity contribution >= 4 is 23.6 Å². The van der Waals surface area contributed by atoms with Crippen molar-refractivity contribution in [3.05, 3.63) is 40.7 Å². The summed E-state index contributed by atoms with van der Waals surface area (Å²) in [5, 5.41) is 19.2. The smallest absolute Gasteiger partial charge is 0.353 e. The summed E-state index contributed by atoms with van der Waals surface area (Å²) in [5.74, 6) is -1.22. The number of rotatable bonds is 5. The summed E-state index contributed by atoms with van der Waals surface area (Å²) < 4.78 is 1.99. The van der Waals surface area contributed by atoms with Crippen molar-refractivity contribution in [3.63, 3.8) is 0 Å². The van der Waals surface area contributed by atoms with E-state index < -0.39 is 18.0 Å². The minimum Gasteiger partial charge on any atom is -0.477 e. The van der Waals surface area contributed by atoms with Gasteiger partial charge in [0.05, 0.1) is 23.8 Å². The summed E-state index contributed by atoms with van der Waals surface area (Å²) in [6, 6.07) is 5.64. The molecule has 1 aromatic heterocycles. The lowest BCUT2D eigenvalue weighted by Crippen LogP contribution is -2.61. The zero-order chi connectivity index (χ0) is 16.7. The summed E-state index contributed by atoms with van der Waals surface area (Å²) in [4.78, 5) is 25.7. The maximum Gasteiger partial charge on any atom is 0.353 e. The number of aryl methyl sites for hydroxylation is 1. The van der Waals surface area contributed by atoms with Crippen molar-refractivity contribution < 1.29 is 24.4 Å². The van der Waals surface area contributed by atoms with Gasteiger partial charge in [-0.25, -0.2) is 9.36 Å². The first kappa shape index (κ1) is 16.0. The second-order valence-corrected chi connectivity index (χ2v) is 6.98. The van der Waals surface area contributed by atoms with Gasteiger partial charge in [0.15, 0.2) is 11.9 Å². The summed E-state index contributed by atoms with van der Waals surface area (Å²) in [6.07, 6.45) is 1.69. The summed E-state index contributed by atoms with van der Waals surface area (Å²) in [7, 11) is 1.94. The van der Waals surface area contributed by atoms with Gasteiger partial charge in [-0.05, 0) is 6.92 Å². The number of thioether (sulfide) groups is 1. The van der Waals surface area contributed by atoms with Crippen molar-refractivity contribution in [2.45, 2.75) is 31.2 Å². The topological polar surface area (TPSA) is 81.7 Å². The van der Waals surface area contributed by atoms with Gasteiger partial charge in [-0.2, -0.15) is 0 Å². The van der Waals surface area contributed by atoms with E-state index in [1.807, 2.05) is 36.0 Å². The highest BCUT2D eigenvalue weighted by atomic mass is 32.2. The highest BCUT2D eigenvalue weighted by molar-refractivity contribution is 8.02. The van der Waals surface area contributed by atoms with Crippen LogP contribution in [-0.4, -0.2) is 39.1 Å². The average molecular weight is 335 g/mol. The minimum absolute atomic E-state index is 0.0838. The van der Waals surface area contributed by atoms with Crippen LogP contribution in [-0.2, 0) is 22.4 Å². The van der Waals surface area contributed by atoms with Crippen LogP contribution in [0.25, 0.3) is 0 Å². The molecule has 0 radical (unpaired) electrons. The summed E-state index contributed by atoms with van der Waals surface area (Å²) >= 11 is 1.45. The van der Waals surface area contributed by atoms with Gasteiger partial charge in [-0.1, -0.05) is 6.07 Å². The Hall–Kier alpha value is -1.86. The van der Waals surface area contributed by atoms with Crippen LogP contribution in [0, 0.1) is 5.92 Å². The number of carboxylic acid groups (broad SMARTS) is 1. The lowest BCUT2D eigenvalue weighted by molar-refractivity contribution is -0.678. The molecule has 0 spiro atoms. The molecule has 3 rings (SSSR count). The van der Waals surface area contributed by atoms with Gasteiger partial charge >= 0.3 is 5.97 Å². The molecule has 0 bridgehead atoms. The van der Waals surface area contributed by atoms with E-state index in [0.717, 1.165) is 5.69 Å². The van der Waals surface area contributed by atoms with Gasteiger partial charge in [-0.15, -0.1) is 11.8 Å². The van der Waals surface area contributed by atoms with Gasteiger partial charge in [0, 0.05) is 23.5 Å². The Balaban J connectivity index is 1.80. The number of aliphatic hydroxyl groups is 1. The average Bonchev–Trinajstić information content (AvgIpc) is 2.80. The molecule has 1 amide bonds. The van der Waals surface area contributed by atoms with Crippen LogP contribution in [0.15, 0.2) is 35.0 Å². The number of nitrogens with zero attached hydrogens (tertiary/aromatic N) is 2. The van der Waals surface area contributed by atoms with Crippen LogP contribution in [0.1, 0.15) is 19.0 Å². The van der Waals surface area contributed by atoms with Crippen LogP contribution in [0.3, 0.4) is 0 Å². The molecule has 0 aromatic carbocycles. The van der Waals surface area contributed by atoms with Gasteiger partial charge in [0.25, 0.3) is 0 Å². The van der Waals surface area contributed by atoms with E-state index >= 15 is 0 Å². The van der Waals surface area contributed by atoms with Crippen molar-refractivity contribution in [3.8, 4) is 0 Å². The second kappa shape index (κ2) is 5.98.